The van der Waals surface area contributed by atoms with Crippen LogP contribution in [-0.4, -0.2) is 101 Å². The standard InChI is InChI=1S/C27H40N6O6/c1-19(2)15-32(22-14-20(25(34)28-18-39-4)16-31(17-22)27(36)37)26(35)24-23(12-8-9-13-38-3)33(30-29-24)21-10-6-5-7-11-21/h5-7,10-11,19-20,22H,8-9,12-18H2,1-4H3,(H,28,34)(H,36,37)/t20-,22+/m1/s1. The lowest BCUT2D eigenvalue weighted by atomic mass is 9.91. The predicted octanol–water partition coefficient (Wildman–Crippen LogP) is 2.42. The summed E-state index contributed by atoms with van der Waals surface area (Å²) < 4.78 is 11.8. The van der Waals surface area contributed by atoms with E-state index in [1.54, 1.807) is 16.7 Å². The van der Waals surface area contributed by atoms with Crippen molar-refractivity contribution in [2.24, 2.45) is 11.8 Å². The molecule has 39 heavy (non-hydrogen) atoms. The van der Waals surface area contributed by atoms with Gasteiger partial charge < -0.3 is 29.7 Å². The molecule has 12 nitrogen and oxygen atoms in total. The van der Waals surface area contributed by atoms with Crippen molar-refractivity contribution in [2.45, 2.75) is 45.6 Å². The van der Waals surface area contributed by atoms with E-state index >= 15 is 0 Å². The Labute approximate surface area is 229 Å². The van der Waals surface area contributed by atoms with Crippen LogP contribution in [-0.2, 0) is 20.7 Å². The average molecular weight is 545 g/mol. The molecule has 1 fully saturated rings. The van der Waals surface area contributed by atoms with Crippen molar-refractivity contribution in [1.29, 1.82) is 0 Å². The zero-order valence-electron chi connectivity index (χ0n) is 23.2. The molecule has 0 saturated carbocycles. The first kappa shape index (κ1) is 30.0. The minimum atomic E-state index is -1.13. The number of benzene rings is 1. The minimum Gasteiger partial charge on any atom is -0.465 e. The van der Waals surface area contributed by atoms with Crippen LogP contribution in [0.15, 0.2) is 30.3 Å². The molecule has 1 aromatic carbocycles. The Balaban J connectivity index is 1.96. The van der Waals surface area contributed by atoms with Gasteiger partial charge in [-0.25, -0.2) is 9.48 Å². The topological polar surface area (TPSA) is 139 Å². The molecule has 0 spiro atoms. The number of likely N-dealkylation sites (tertiary alicyclic amines) is 1. The SMILES string of the molecule is COCCCCc1c(C(=O)N(CC(C)C)[C@H]2C[C@@H](C(=O)NCOC)CN(C(=O)O)C2)nnn1-c1ccccc1. The van der Waals surface area contributed by atoms with Crippen molar-refractivity contribution < 1.29 is 29.0 Å². The Morgan fingerprint density at radius 1 is 1.13 bits per heavy atom. The van der Waals surface area contributed by atoms with Gasteiger partial charge in [-0.1, -0.05) is 37.3 Å². The molecule has 2 N–H and O–H groups in total. The number of piperidine rings is 1. The number of carbonyl (C=O) groups excluding carboxylic acids is 2. The third-order valence-electron chi connectivity index (χ3n) is 6.70. The summed E-state index contributed by atoms with van der Waals surface area (Å²) in [6, 6.07) is 9.01. The second-order valence-corrected chi connectivity index (χ2v) is 10.2. The van der Waals surface area contributed by atoms with E-state index in [2.05, 4.69) is 15.6 Å². The van der Waals surface area contributed by atoms with Crippen LogP contribution in [0.4, 0.5) is 4.79 Å². The molecular formula is C27H40N6O6. The van der Waals surface area contributed by atoms with E-state index in [4.69, 9.17) is 9.47 Å². The largest absolute Gasteiger partial charge is 0.465 e. The Bertz CT molecular complexity index is 1090. The lowest BCUT2D eigenvalue weighted by molar-refractivity contribution is -0.128. The lowest BCUT2D eigenvalue weighted by Gasteiger charge is -2.41. The first-order valence-corrected chi connectivity index (χ1v) is 13.3. The summed E-state index contributed by atoms with van der Waals surface area (Å²) in [4.78, 5) is 41.8. The number of hydrogen-bond acceptors (Lipinski definition) is 7. The molecule has 0 bridgehead atoms. The Morgan fingerprint density at radius 2 is 1.87 bits per heavy atom. The number of hydrogen-bond donors (Lipinski definition) is 2. The van der Waals surface area contributed by atoms with Crippen LogP contribution in [0, 0.1) is 11.8 Å². The first-order valence-electron chi connectivity index (χ1n) is 13.3. The molecule has 2 aromatic rings. The molecule has 214 valence electrons. The van der Waals surface area contributed by atoms with Crippen molar-refractivity contribution in [3.05, 3.63) is 41.7 Å². The highest BCUT2D eigenvalue weighted by atomic mass is 16.5. The summed E-state index contributed by atoms with van der Waals surface area (Å²) in [5.74, 6) is -1.14. The van der Waals surface area contributed by atoms with Crippen molar-refractivity contribution in [1.82, 2.24) is 30.1 Å². The van der Waals surface area contributed by atoms with Gasteiger partial charge in [-0.3, -0.25) is 9.59 Å². The van der Waals surface area contributed by atoms with Gasteiger partial charge in [-0.15, -0.1) is 5.10 Å². The third-order valence-corrected chi connectivity index (χ3v) is 6.70. The zero-order valence-corrected chi connectivity index (χ0v) is 23.2. The number of carboxylic acid groups (broad SMARTS) is 1. The molecule has 2 atom stereocenters. The van der Waals surface area contributed by atoms with Gasteiger partial charge in [0, 0.05) is 40.5 Å². The summed E-state index contributed by atoms with van der Waals surface area (Å²) >= 11 is 0. The number of amides is 3. The maximum absolute atomic E-state index is 14.2. The van der Waals surface area contributed by atoms with Crippen molar-refractivity contribution in [2.75, 3.05) is 47.2 Å². The first-order chi connectivity index (χ1) is 18.8. The van der Waals surface area contributed by atoms with Crippen LogP contribution in [0.2, 0.25) is 0 Å². The smallest absolute Gasteiger partial charge is 0.407 e. The van der Waals surface area contributed by atoms with Crippen LogP contribution in [0.3, 0.4) is 0 Å². The minimum absolute atomic E-state index is 0.0245. The molecule has 1 saturated heterocycles. The average Bonchev–Trinajstić information content (AvgIpc) is 3.36. The lowest BCUT2D eigenvalue weighted by Crippen LogP contribution is -2.57. The van der Waals surface area contributed by atoms with Gasteiger partial charge in [0.1, 0.15) is 6.73 Å². The van der Waals surface area contributed by atoms with E-state index in [0.29, 0.717) is 31.7 Å². The van der Waals surface area contributed by atoms with Gasteiger partial charge in [0.05, 0.1) is 23.3 Å². The van der Waals surface area contributed by atoms with Gasteiger partial charge in [-0.2, -0.15) is 0 Å². The maximum atomic E-state index is 14.2. The number of rotatable bonds is 13. The van der Waals surface area contributed by atoms with Crippen LogP contribution in [0.25, 0.3) is 5.69 Å². The van der Waals surface area contributed by atoms with E-state index in [-0.39, 0.29) is 43.2 Å². The molecule has 2 heterocycles. The van der Waals surface area contributed by atoms with Crippen molar-refractivity contribution >= 4 is 17.9 Å². The fraction of sp³-hybridized carbons (Fsp3) is 0.593. The molecule has 1 aliphatic rings. The summed E-state index contributed by atoms with van der Waals surface area (Å²) in [6.45, 7) is 5.16. The fourth-order valence-electron chi connectivity index (χ4n) is 4.87. The van der Waals surface area contributed by atoms with E-state index in [1.165, 1.54) is 12.0 Å². The number of ether oxygens (including phenoxy) is 2. The quantitative estimate of drug-likeness (QED) is 0.290. The van der Waals surface area contributed by atoms with Gasteiger partial charge >= 0.3 is 6.09 Å². The summed E-state index contributed by atoms with van der Waals surface area (Å²) in [6.07, 6.45) is 1.35. The molecule has 1 aliphatic heterocycles. The van der Waals surface area contributed by atoms with Crippen LogP contribution in [0.1, 0.15) is 49.3 Å². The van der Waals surface area contributed by atoms with Crippen LogP contribution < -0.4 is 5.32 Å². The highest BCUT2D eigenvalue weighted by Gasteiger charge is 2.39. The highest BCUT2D eigenvalue weighted by molar-refractivity contribution is 5.94. The van der Waals surface area contributed by atoms with Crippen LogP contribution in [0.5, 0.6) is 0 Å². The number of aromatic nitrogens is 3. The number of unbranched alkanes of at least 4 members (excludes halogenated alkanes) is 1. The molecule has 1 aromatic heterocycles. The van der Waals surface area contributed by atoms with Gasteiger partial charge in [0.15, 0.2) is 5.69 Å². The molecular weight excluding hydrogens is 504 g/mol. The van der Waals surface area contributed by atoms with Gasteiger partial charge in [0.2, 0.25) is 5.91 Å². The normalized spacial score (nSPS) is 17.3. The molecule has 0 radical (unpaired) electrons. The molecule has 0 aliphatic carbocycles. The third kappa shape index (κ3) is 7.99. The van der Waals surface area contributed by atoms with Crippen molar-refractivity contribution in [3.8, 4) is 5.69 Å². The second kappa shape index (κ2) is 14.6. The zero-order chi connectivity index (χ0) is 28.4. The predicted molar refractivity (Wildman–Crippen MR) is 144 cm³/mol. The summed E-state index contributed by atoms with van der Waals surface area (Å²) in [7, 11) is 3.12. The number of nitrogens with one attached hydrogen (secondary N) is 1. The Morgan fingerprint density at radius 3 is 2.51 bits per heavy atom. The second-order valence-electron chi connectivity index (χ2n) is 10.2. The van der Waals surface area contributed by atoms with E-state index < -0.39 is 18.1 Å². The molecule has 3 rings (SSSR count). The monoisotopic (exact) mass is 544 g/mol. The van der Waals surface area contributed by atoms with Gasteiger partial charge in [0.25, 0.3) is 5.91 Å². The molecule has 0 unspecified atom stereocenters. The van der Waals surface area contributed by atoms with Crippen LogP contribution >= 0.6 is 0 Å². The fourth-order valence-corrected chi connectivity index (χ4v) is 4.87. The summed E-state index contributed by atoms with van der Waals surface area (Å²) in [5, 5.41) is 21.1. The van der Waals surface area contributed by atoms with E-state index in [1.807, 2.05) is 44.2 Å². The number of para-hydroxylation sites is 1. The molecule has 3 amide bonds. The number of carbonyl (C=O) groups is 3. The Kier molecular flexibility index (Phi) is 11.2. The summed E-state index contributed by atoms with van der Waals surface area (Å²) in [5.41, 5.74) is 1.73. The highest BCUT2D eigenvalue weighted by Crippen LogP contribution is 2.26. The van der Waals surface area contributed by atoms with Crippen molar-refractivity contribution in [3.63, 3.8) is 0 Å². The Hall–Kier alpha value is -3.51. The number of methoxy groups -OCH3 is 2. The maximum Gasteiger partial charge on any atom is 0.407 e. The van der Waals surface area contributed by atoms with E-state index in [9.17, 15) is 19.5 Å². The van der Waals surface area contributed by atoms with Gasteiger partial charge in [-0.05, 0) is 43.7 Å². The van der Waals surface area contributed by atoms with E-state index in [0.717, 1.165) is 18.5 Å². The molecule has 12 heteroatoms. The number of nitrogens with zero attached hydrogens (tertiary/aromatic N) is 5.